The predicted octanol–water partition coefficient (Wildman–Crippen LogP) is 3.10. The van der Waals surface area contributed by atoms with Gasteiger partial charge in [-0.3, -0.25) is 20.4 Å². The minimum Gasteiger partial charge on any atom is -0.490 e. The second-order valence-electron chi connectivity index (χ2n) is 7.26. The van der Waals surface area contributed by atoms with Crippen LogP contribution in [0, 0.1) is 0 Å². The van der Waals surface area contributed by atoms with E-state index >= 15 is 0 Å². The molecule has 3 rings (SSSR count). The Bertz CT molecular complexity index is 920. The monoisotopic (exact) mass is 441 g/mol. The molecular formula is C24H31N3O5. The van der Waals surface area contributed by atoms with Gasteiger partial charge in [0, 0.05) is 17.8 Å². The van der Waals surface area contributed by atoms with Crippen LogP contribution in [0.25, 0.3) is 0 Å². The van der Waals surface area contributed by atoms with Crippen LogP contribution < -0.4 is 30.0 Å². The molecule has 8 nitrogen and oxygen atoms in total. The molecule has 0 saturated heterocycles. The first kappa shape index (κ1) is 23.2. The van der Waals surface area contributed by atoms with Gasteiger partial charge in [-0.25, -0.2) is 0 Å². The van der Waals surface area contributed by atoms with Crippen molar-refractivity contribution >= 4 is 17.5 Å². The molecule has 0 atom stereocenters. The molecule has 8 heteroatoms. The first-order valence-corrected chi connectivity index (χ1v) is 11.1. The van der Waals surface area contributed by atoms with Crippen LogP contribution in [0.1, 0.15) is 43.1 Å². The van der Waals surface area contributed by atoms with Gasteiger partial charge in [0.1, 0.15) is 0 Å². The van der Waals surface area contributed by atoms with Crippen LogP contribution in [-0.4, -0.2) is 44.7 Å². The van der Waals surface area contributed by atoms with Gasteiger partial charge in [0.15, 0.2) is 11.5 Å². The van der Waals surface area contributed by atoms with Crippen molar-refractivity contribution in [1.82, 2.24) is 10.9 Å². The highest BCUT2D eigenvalue weighted by Gasteiger charge is 2.21. The maximum Gasteiger partial charge on any atom is 0.269 e. The maximum atomic E-state index is 12.7. The number of ether oxygens (including phenoxy) is 3. The van der Waals surface area contributed by atoms with E-state index in [1.165, 1.54) is 5.56 Å². The zero-order chi connectivity index (χ0) is 22.9. The van der Waals surface area contributed by atoms with Gasteiger partial charge in [-0.2, -0.15) is 0 Å². The molecule has 2 amide bonds. The summed E-state index contributed by atoms with van der Waals surface area (Å²) in [6.07, 6.45) is 2.00. The van der Waals surface area contributed by atoms with Crippen molar-refractivity contribution in [1.29, 1.82) is 0 Å². The van der Waals surface area contributed by atoms with Crippen LogP contribution in [-0.2, 0) is 11.2 Å². The van der Waals surface area contributed by atoms with Crippen molar-refractivity contribution in [3.8, 4) is 17.2 Å². The number of carbonyl (C=O) groups is 2. The Morgan fingerprint density at radius 2 is 1.59 bits per heavy atom. The van der Waals surface area contributed by atoms with E-state index in [2.05, 4.69) is 16.9 Å². The van der Waals surface area contributed by atoms with Crippen LogP contribution in [0.15, 0.2) is 36.4 Å². The summed E-state index contributed by atoms with van der Waals surface area (Å²) in [5.41, 5.74) is 7.59. The first-order chi connectivity index (χ1) is 15.6. The molecular weight excluding hydrogens is 410 g/mol. The summed E-state index contributed by atoms with van der Waals surface area (Å²) in [4.78, 5) is 27.3. The summed E-state index contributed by atoms with van der Waals surface area (Å²) in [6.45, 7) is 7.77. The van der Waals surface area contributed by atoms with Crippen molar-refractivity contribution in [3.05, 3.63) is 47.5 Å². The van der Waals surface area contributed by atoms with Gasteiger partial charge in [-0.15, -0.1) is 0 Å². The fraction of sp³-hybridized carbons (Fsp3) is 0.417. The highest BCUT2D eigenvalue weighted by Crippen LogP contribution is 2.39. The second kappa shape index (κ2) is 11.3. The number of hydrogen-bond donors (Lipinski definition) is 2. The zero-order valence-electron chi connectivity index (χ0n) is 18.9. The summed E-state index contributed by atoms with van der Waals surface area (Å²) in [5.74, 6) is 0.530. The van der Waals surface area contributed by atoms with Gasteiger partial charge in [0.05, 0.1) is 26.4 Å². The third-order valence-electron chi connectivity index (χ3n) is 5.03. The summed E-state index contributed by atoms with van der Waals surface area (Å²) >= 11 is 0. The standard InChI is InChI=1S/C24H31N3O5/c1-4-30-20-14-18(15-21(31-5-2)23(20)32-6-3)24(29)26-25-22(28)16-27-13-9-11-17-10-7-8-12-19(17)27/h7-8,10,12,14-15H,4-6,9,11,13,16H2,1-3H3,(H,25,28)(H,26,29). The molecule has 1 heterocycles. The van der Waals surface area contributed by atoms with Crippen molar-refractivity contribution in [2.75, 3.05) is 37.8 Å². The number of hydrogen-bond acceptors (Lipinski definition) is 6. The maximum absolute atomic E-state index is 12.7. The topological polar surface area (TPSA) is 89.1 Å². The lowest BCUT2D eigenvalue weighted by Gasteiger charge is -2.30. The molecule has 1 aliphatic rings. The van der Waals surface area contributed by atoms with Crippen molar-refractivity contribution < 1.29 is 23.8 Å². The predicted molar refractivity (Wildman–Crippen MR) is 123 cm³/mol. The molecule has 2 aromatic carbocycles. The highest BCUT2D eigenvalue weighted by atomic mass is 16.5. The number of rotatable bonds is 9. The number of amides is 2. The molecule has 0 aromatic heterocycles. The largest absolute Gasteiger partial charge is 0.490 e. The lowest BCUT2D eigenvalue weighted by Crippen LogP contribution is -2.47. The van der Waals surface area contributed by atoms with Gasteiger partial charge in [-0.05, 0) is 57.4 Å². The number of para-hydroxylation sites is 1. The van der Waals surface area contributed by atoms with Crippen LogP contribution in [0.4, 0.5) is 5.69 Å². The van der Waals surface area contributed by atoms with E-state index in [0.717, 1.165) is 25.1 Å². The van der Waals surface area contributed by atoms with E-state index in [9.17, 15) is 9.59 Å². The second-order valence-corrected chi connectivity index (χ2v) is 7.26. The molecule has 0 bridgehead atoms. The summed E-state index contributed by atoms with van der Waals surface area (Å²) < 4.78 is 17.0. The lowest BCUT2D eigenvalue weighted by atomic mass is 10.0. The third kappa shape index (κ3) is 5.63. The Kier molecular flexibility index (Phi) is 8.19. The van der Waals surface area contributed by atoms with Crippen LogP contribution in [0.3, 0.4) is 0 Å². The fourth-order valence-corrected chi connectivity index (χ4v) is 3.71. The molecule has 0 saturated carbocycles. The third-order valence-corrected chi connectivity index (χ3v) is 5.03. The SMILES string of the molecule is CCOc1cc(C(=O)NNC(=O)CN2CCCc3ccccc32)cc(OCC)c1OCC. The van der Waals surface area contributed by atoms with Crippen LogP contribution in [0.5, 0.6) is 17.2 Å². The summed E-state index contributed by atoms with van der Waals surface area (Å²) in [7, 11) is 0. The van der Waals surface area contributed by atoms with Crippen LogP contribution in [0.2, 0.25) is 0 Å². The Balaban J connectivity index is 1.67. The molecule has 2 aromatic rings. The molecule has 172 valence electrons. The number of aryl methyl sites for hydroxylation is 1. The summed E-state index contributed by atoms with van der Waals surface area (Å²) in [5, 5.41) is 0. The molecule has 0 fully saturated rings. The van der Waals surface area contributed by atoms with Crippen molar-refractivity contribution in [3.63, 3.8) is 0 Å². The van der Waals surface area contributed by atoms with Crippen molar-refractivity contribution in [2.24, 2.45) is 0 Å². The number of benzene rings is 2. The highest BCUT2D eigenvalue weighted by molar-refractivity contribution is 5.97. The first-order valence-electron chi connectivity index (χ1n) is 11.1. The number of hydrazine groups is 1. The average molecular weight is 442 g/mol. The van der Waals surface area contributed by atoms with Gasteiger partial charge >= 0.3 is 0 Å². The van der Waals surface area contributed by atoms with Gasteiger partial charge < -0.3 is 19.1 Å². The van der Waals surface area contributed by atoms with E-state index in [1.54, 1.807) is 12.1 Å². The van der Waals surface area contributed by atoms with Gasteiger partial charge in [0.2, 0.25) is 5.75 Å². The van der Waals surface area contributed by atoms with Crippen molar-refractivity contribution in [2.45, 2.75) is 33.6 Å². The van der Waals surface area contributed by atoms with Gasteiger partial charge in [-0.1, -0.05) is 18.2 Å². The molecule has 1 aliphatic heterocycles. The Morgan fingerprint density at radius 3 is 2.25 bits per heavy atom. The van der Waals surface area contributed by atoms with E-state index in [4.69, 9.17) is 14.2 Å². The molecule has 32 heavy (non-hydrogen) atoms. The minimum absolute atomic E-state index is 0.162. The fourth-order valence-electron chi connectivity index (χ4n) is 3.71. The van der Waals surface area contributed by atoms with E-state index in [-0.39, 0.29) is 12.5 Å². The molecule has 0 radical (unpaired) electrons. The van der Waals surface area contributed by atoms with Gasteiger partial charge in [0.25, 0.3) is 11.8 Å². The average Bonchev–Trinajstić information content (AvgIpc) is 2.80. The molecule has 0 spiro atoms. The Labute approximate surface area is 188 Å². The molecule has 0 unspecified atom stereocenters. The van der Waals surface area contributed by atoms with E-state index in [0.29, 0.717) is 42.6 Å². The number of anilines is 1. The smallest absolute Gasteiger partial charge is 0.269 e. The Hall–Kier alpha value is -3.42. The van der Waals surface area contributed by atoms with E-state index < -0.39 is 5.91 Å². The quantitative estimate of drug-likeness (QED) is 0.582. The number of nitrogens with one attached hydrogen (secondary N) is 2. The summed E-state index contributed by atoms with van der Waals surface area (Å²) in [6, 6.07) is 11.2. The number of fused-ring (bicyclic) bond motifs is 1. The Morgan fingerprint density at radius 1 is 0.938 bits per heavy atom. The van der Waals surface area contributed by atoms with Crippen LogP contribution >= 0.6 is 0 Å². The number of carbonyl (C=O) groups excluding carboxylic acids is 2. The minimum atomic E-state index is -0.470. The molecule has 0 aliphatic carbocycles. The molecule has 2 N–H and O–H groups in total. The lowest BCUT2D eigenvalue weighted by molar-refractivity contribution is -0.120. The zero-order valence-corrected chi connectivity index (χ0v) is 18.9. The number of nitrogens with zero attached hydrogens (tertiary/aromatic N) is 1. The van der Waals surface area contributed by atoms with E-state index in [1.807, 2.05) is 43.9 Å². The normalized spacial score (nSPS) is 12.5.